The van der Waals surface area contributed by atoms with Gasteiger partial charge in [0.2, 0.25) is 0 Å². The lowest BCUT2D eigenvalue weighted by atomic mass is 9.91. The van der Waals surface area contributed by atoms with Gasteiger partial charge in [-0.2, -0.15) is 0 Å². The lowest BCUT2D eigenvalue weighted by molar-refractivity contribution is -0.105. The van der Waals surface area contributed by atoms with E-state index in [9.17, 15) is 4.79 Å². The molecule has 0 spiro atoms. The van der Waals surface area contributed by atoms with Crippen molar-refractivity contribution in [3.8, 4) is 5.75 Å². The quantitative estimate of drug-likeness (QED) is 0.675. The second kappa shape index (κ2) is 6.99. The van der Waals surface area contributed by atoms with Gasteiger partial charge in [-0.1, -0.05) is 23.2 Å². The van der Waals surface area contributed by atoms with Crippen molar-refractivity contribution in [2.75, 3.05) is 14.2 Å². The predicted octanol–water partition coefficient (Wildman–Crippen LogP) is 3.47. The molecular formula is C16H16Cl2N2O2. The van der Waals surface area contributed by atoms with Crippen LogP contribution in [0.3, 0.4) is 0 Å². The molecule has 6 heteroatoms. The maximum absolute atomic E-state index is 11.1. The standard InChI is InChI=1S/C16H16Cl2N2O2/c1-20-16(11-5-4-10(22-2)7-12(11)17)14-13(19)6-3-9(8-21)15(14)18/h4-5,7-8H,3,6,19H2,1-2H3. The maximum atomic E-state index is 11.1. The molecule has 0 saturated carbocycles. The van der Waals surface area contributed by atoms with Crippen LogP contribution in [0.2, 0.25) is 5.02 Å². The molecular weight excluding hydrogens is 323 g/mol. The minimum Gasteiger partial charge on any atom is -0.497 e. The summed E-state index contributed by atoms with van der Waals surface area (Å²) in [5, 5.41) is 0.814. The number of halogens is 2. The summed E-state index contributed by atoms with van der Waals surface area (Å²) in [6.45, 7) is 0. The number of ether oxygens (including phenoxy) is 1. The summed E-state index contributed by atoms with van der Waals surface area (Å²) < 4.78 is 5.14. The topological polar surface area (TPSA) is 64.7 Å². The number of nitrogens with two attached hydrogens (primary N) is 1. The third-order valence-corrected chi connectivity index (χ3v) is 4.26. The molecule has 0 unspecified atom stereocenters. The van der Waals surface area contributed by atoms with E-state index in [1.54, 1.807) is 32.4 Å². The van der Waals surface area contributed by atoms with Crippen molar-refractivity contribution in [2.45, 2.75) is 12.8 Å². The van der Waals surface area contributed by atoms with Crippen molar-refractivity contribution in [3.05, 3.63) is 50.7 Å². The van der Waals surface area contributed by atoms with Crippen LogP contribution in [0.25, 0.3) is 0 Å². The number of carbonyl (C=O) groups excluding carboxylic acids is 1. The Kier molecular flexibility index (Phi) is 5.27. The largest absolute Gasteiger partial charge is 0.497 e. The van der Waals surface area contributed by atoms with Gasteiger partial charge in [-0.15, -0.1) is 0 Å². The fourth-order valence-corrected chi connectivity index (χ4v) is 2.96. The van der Waals surface area contributed by atoms with Gasteiger partial charge in [0.1, 0.15) is 12.0 Å². The molecule has 1 aromatic rings. The number of carbonyl (C=O) groups is 1. The van der Waals surface area contributed by atoms with Crippen molar-refractivity contribution in [1.29, 1.82) is 0 Å². The fourth-order valence-electron chi connectivity index (χ4n) is 2.35. The highest BCUT2D eigenvalue weighted by Gasteiger charge is 2.24. The van der Waals surface area contributed by atoms with E-state index in [0.29, 0.717) is 56.8 Å². The van der Waals surface area contributed by atoms with Gasteiger partial charge < -0.3 is 10.5 Å². The first-order valence-corrected chi connectivity index (χ1v) is 7.43. The van der Waals surface area contributed by atoms with Gasteiger partial charge in [0.25, 0.3) is 0 Å². The smallest absolute Gasteiger partial charge is 0.147 e. The summed E-state index contributed by atoms with van der Waals surface area (Å²) in [5.41, 5.74) is 9.05. The number of methoxy groups -OCH3 is 1. The number of hydrogen-bond donors (Lipinski definition) is 1. The van der Waals surface area contributed by atoms with Gasteiger partial charge in [-0.3, -0.25) is 9.79 Å². The summed E-state index contributed by atoms with van der Waals surface area (Å²) in [7, 11) is 3.20. The number of hydrogen-bond acceptors (Lipinski definition) is 4. The highest BCUT2D eigenvalue weighted by atomic mass is 35.5. The minimum atomic E-state index is 0.339. The predicted molar refractivity (Wildman–Crippen MR) is 89.9 cm³/mol. The van der Waals surface area contributed by atoms with Crippen LogP contribution in [0.4, 0.5) is 0 Å². The molecule has 116 valence electrons. The third kappa shape index (κ3) is 3.03. The number of nitrogens with zero attached hydrogens (tertiary/aromatic N) is 1. The summed E-state index contributed by atoms with van der Waals surface area (Å²) in [6.07, 6.45) is 1.86. The number of allylic oxidation sites excluding steroid dienone is 4. The molecule has 4 nitrogen and oxygen atoms in total. The summed E-state index contributed by atoms with van der Waals surface area (Å²) in [4.78, 5) is 15.4. The number of benzene rings is 1. The molecule has 0 aromatic heterocycles. The number of rotatable bonds is 4. The Hall–Kier alpha value is -1.78. The van der Waals surface area contributed by atoms with Crippen LogP contribution >= 0.6 is 23.2 Å². The summed E-state index contributed by atoms with van der Waals surface area (Å²) >= 11 is 12.7. The Balaban J connectivity index is 2.58. The molecule has 1 aromatic carbocycles. The lowest BCUT2D eigenvalue weighted by Gasteiger charge is -2.21. The van der Waals surface area contributed by atoms with Crippen LogP contribution in [-0.4, -0.2) is 26.2 Å². The van der Waals surface area contributed by atoms with E-state index in [-0.39, 0.29) is 0 Å². The first-order valence-electron chi connectivity index (χ1n) is 6.67. The molecule has 2 N–H and O–H groups in total. The first kappa shape index (κ1) is 16.6. The zero-order valence-corrected chi connectivity index (χ0v) is 13.8. The Bertz CT molecular complexity index is 706. The fraction of sp³-hybridized carbons (Fsp3) is 0.250. The average Bonchev–Trinajstić information content (AvgIpc) is 2.52. The molecule has 0 bridgehead atoms. The van der Waals surface area contributed by atoms with Crippen LogP contribution in [-0.2, 0) is 4.79 Å². The summed E-state index contributed by atoms with van der Waals surface area (Å²) in [6, 6.07) is 5.27. The van der Waals surface area contributed by atoms with E-state index in [1.165, 1.54) is 0 Å². The zero-order valence-electron chi connectivity index (χ0n) is 12.3. The average molecular weight is 339 g/mol. The van der Waals surface area contributed by atoms with Crippen LogP contribution < -0.4 is 10.5 Å². The molecule has 1 aliphatic carbocycles. The lowest BCUT2D eigenvalue weighted by Crippen LogP contribution is -2.18. The van der Waals surface area contributed by atoms with Gasteiger partial charge >= 0.3 is 0 Å². The molecule has 0 saturated heterocycles. The van der Waals surface area contributed by atoms with Crippen LogP contribution in [0.15, 0.2) is 45.1 Å². The van der Waals surface area contributed by atoms with E-state index in [1.807, 2.05) is 0 Å². The van der Waals surface area contributed by atoms with Crippen molar-refractivity contribution < 1.29 is 9.53 Å². The van der Waals surface area contributed by atoms with Gasteiger partial charge in [0, 0.05) is 29.5 Å². The van der Waals surface area contributed by atoms with Gasteiger partial charge in [-0.25, -0.2) is 0 Å². The second-order valence-electron chi connectivity index (χ2n) is 4.78. The second-order valence-corrected chi connectivity index (χ2v) is 5.56. The van der Waals surface area contributed by atoms with Gasteiger partial charge in [0.15, 0.2) is 0 Å². The van der Waals surface area contributed by atoms with Gasteiger partial charge in [-0.05, 0) is 31.0 Å². The monoisotopic (exact) mass is 338 g/mol. The van der Waals surface area contributed by atoms with E-state index in [0.717, 1.165) is 6.29 Å². The van der Waals surface area contributed by atoms with Crippen LogP contribution in [0.5, 0.6) is 5.75 Å². The van der Waals surface area contributed by atoms with Crippen molar-refractivity contribution in [3.63, 3.8) is 0 Å². The Labute approximate surface area is 139 Å². The Morgan fingerprint density at radius 2 is 2.09 bits per heavy atom. The van der Waals surface area contributed by atoms with Gasteiger partial charge in [0.05, 0.1) is 22.9 Å². The van der Waals surface area contributed by atoms with Crippen LogP contribution in [0, 0.1) is 0 Å². The highest BCUT2D eigenvalue weighted by Crippen LogP contribution is 2.34. The van der Waals surface area contributed by atoms with E-state index in [4.69, 9.17) is 33.7 Å². The SMILES string of the molecule is CN=C(C1=C(N)CCC(C=O)=C1Cl)c1ccc(OC)cc1Cl. The molecule has 22 heavy (non-hydrogen) atoms. The molecule has 1 aliphatic rings. The van der Waals surface area contributed by atoms with Crippen LogP contribution in [0.1, 0.15) is 18.4 Å². The number of aliphatic imine (C=N–C) groups is 1. The third-order valence-electron chi connectivity index (χ3n) is 3.52. The molecule has 0 atom stereocenters. The molecule has 0 aliphatic heterocycles. The highest BCUT2D eigenvalue weighted by molar-refractivity contribution is 6.41. The zero-order chi connectivity index (χ0) is 16.3. The summed E-state index contributed by atoms with van der Waals surface area (Å²) in [5.74, 6) is 0.644. The molecule has 0 radical (unpaired) electrons. The van der Waals surface area contributed by atoms with Crippen molar-refractivity contribution in [2.24, 2.45) is 10.7 Å². The van der Waals surface area contributed by atoms with Crippen molar-refractivity contribution >= 4 is 35.2 Å². The molecule has 0 amide bonds. The Morgan fingerprint density at radius 3 is 2.64 bits per heavy atom. The normalized spacial score (nSPS) is 16.1. The van der Waals surface area contributed by atoms with E-state index in [2.05, 4.69) is 4.99 Å². The maximum Gasteiger partial charge on any atom is 0.147 e. The minimum absolute atomic E-state index is 0.339. The van der Waals surface area contributed by atoms with E-state index >= 15 is 0 Å². The Morgan fingerprint density at radius 1 is 1.36 bits per heavy atom. The number of aldehydes is 1. The molecule has 0 heterocycles. The first-order chi connectivity index (χ1) is 10.5. The molecule has 2 rings (SSSR count). The van der Waals surface area contributed by atoms with E-state index < -0.39 is 0 Å². The van der Waals surface area contributed by atoms with Crippen molar-refractivity contribution in [1.82, 2.24) is 0 Å². The molecule has 0 fully saturated rings.